The lowest BCUT2D eigenvalue weighted by molar-refractivity contribution is -0.119. The molecule has 0 radical (unpaired) electrons. The third kappa shape index (κ3) is 5.19. The molecule has 146 valence electrons. The summed E-state index contributed by atoms with van der Waals surface area (Å²) in [5, 5.41) is 7.30. The highest BCUT2D eigenvalue weighted by Gasteiger charge is 2.29. The minimum Gasteiger partial charge on any atom is -0.444 e. The predicted octanol–water partition coefficient (Wildman–Crippen LogP) is 2.91. The molecule has 8 heteroatoms. The number of nitrogens with one attached hydrogen (secondary N) is 1. The van der Waals surface area contributed by atoms with Crippen molar-refractivity contribution in [2.45, 2.75) is 65.4 Å². The van der Waals surface area contributed by atoms with E-state index in [4.69, 9.17) is 4.74 Å². The van der Waals surface area contributed by atoms with Crippen molar-refractivity contribution in [1.82, 2.24) is 19.7 Å². The summed E-state index contributed by atoms with van der Waals surface area (Å²) in [6.07, 6.45) is 2.07. The maximum absolute atomic E-state index is 12.1. The number of carbonyl (C=O) groups excluding carboxylic acids is 2. The Balaban J connectivity index is 1.94. The predicted molar refractivity (Wildman–Crippen MR) is 98.9 cm³/mol. The van der Waals surface area contributed by atoms with Crippen molar-refractivity contribution in [2.75, 3.05) is 18.4 Å². The second-order valence-electron chi connectivity index (χ2n) is 7.96. The van der Waals surface area contributed by atoms with Crippen molar-refractivity contribution in [3.05, 3.63) is 5.82 Å². The third-order valence-electron chi connectivity index (χ3n) is 4.59. The Bertz CT molecular complexity index is 642. The normalized spacial score (nSPS) is 17.1. The molecule has 1 atom stereocenters. The quantitative estimate of drug-likeness (QED) is 0.886. The van der Waals surface area contributed by atoms with E-state index in [9.17, 15) is 9.59 Å². The molecule has 0 aromatic carbocycles. The summed E-state index contributed by atoms with van der Waals surface area (Å²) in [6, 6.07) is 0. The van der Waals surface area contributed by atoms with Crippen LogP contribution in [-0.4, -0.2) is 50.4 Å². The number of nitrogens with zero attached hydrogens (tertiary/aromatic N) is 4. The van der Waals surface area contributed by atoms with Crippen LogP contribution in [-0.2, 0) is 16.6 Å². The van der Waals surface area contributed by atoms with Crippen LogP contribution in [0.25, 0.3) is 0 Å². The summed E-state index contributed by atoms with van der Waals surface area (Å²) in [5.41, 5.74) is -0.487. The number of aromatic nitrogens is 3. The Morgan fingerprint density at radius 3 is 2.46 bits per heavy atom. The first-order chi connectivity index (χ1) is 12.1. The van der Waals surface area contributed by atoms with Gasteiger partial charge in [0.25, 0.3) is 0 Å². The zero-order valence-corrected chi connectivity index (χ0v) is 16.7. The van der Waals surface area contributed by atoms with Gasteiger partial charge in [0.1, 0.15) is 5.60 Å². The van der Waals surface area contributed by atoms with Gasteiger partial charge in [-0.2, -0.15) is 10.1 Å². The zero-order chi connectivity index (χ0) is 19.5. The van der Waals surface area contributed by atoms with Gasteiger partial charge < -0.3 is 9.64 Å². The van der Waals surface area contributed by atoms with E-state index >= 15 is 0 Å². The molecule has 1 fully saturated rings. The molecule has 1 N–H and O–H groups in total. The Labute approximate surface area is 155 Å². The SMILES string of the molecule is CCC(C)C(=O)Nc1nc(C2CCN(C(=O)OC(C)(C)C)CC2)nn1C. The van der Waals surface area contributed by atoms with E-state index in [0.717, 1.165) is 25.1 Å². The summed E-state index contributed by atoms with van der Waals surface area (Å²) >= 11 is 0. The van der Waals surface area contributed by atoms with Gasteiger partial charge in [0.2, 0.25) is 11.9 Å². The fourth-order valence-corrected chi connectivity index (χ4v) is 2.75. The van der Waals surface area contributed by atoms with Crippen LogP contribution in [0.1, 0.15) is 65.6 Å². The molecule has 1 aromatic heterocycles. The monoisotopic (exact) mass is 365 g/mol. The summed E-state index contributed by atoms with van der Waals surface area (Å²) < 4.78 is 7.03. The molecule has 0 saturated carbocycles. The zero-order valence-electron chi connectivity index (χ0n) is 16.7. The number of hydrogen-bond donors (Lipinski definition) is 1. The molecule has 0 bridgehead atoms. The number of ether oxygens (including phenoxy) is 1. The fraction of sp³-hybridized carbons (Fsp3) is 0.778. The van der Waals surface area contributed by atoms with E-state index in [2.05, 4.69) is 15.4 Å². The van der Waals surface area contributed by atoms with Gasteiger partial charge in [0, 0.05) is 32.0 Å². The number of carbonyl (C=O) groups is 2. The van der Waals surface area contributed by atoms with Gasteiger partial charge in [0.15, 0.2) is 5.82 Å². The van der Waals surface area contributed by atoms with Gasteiger partial charge >= 0.3 is 6.09 Å². The molecule has 1 saturated heterocycles. The van der Waals surface area contributed by atoms with Crippen molar-refractivity contribution in [2.24, 2.45) is 13.0 Å². The molecule has 2 rings (SSSR count). The molecule has 1 unspecified atom stereocenters. The van der Waals surface area contributed by atoms with Crippen LogP contribution in [0, 0.1) is 5.92 Å². The summed E-state index contributed by atoms with van der Waals surface area (Å²) in [5.74, 6) is 1.26. The standard InChI is InChI=1S/C18H31N5O3/c1-7-12(2)15(24)20-16-19-14(21-22(16)6)13-8-10-23(11-9-13)17(25)26-18(3,4)5/h12-13H,7-11H2,1-6H3,(H,19,20,21,24). The lowest BCUT2D eigenvalue weighted by atomic mass is 9.96. The molecular formula is C18H31N5O3. The van der Waals surface area contributed by atoms with E-state index in [1.165, 1.54) is 0 Å². The van der Waals surface area contributed by atoms with E-state index in [0.29, 0.717) is 19.0 Å². The minimum atomic E-state index is -0.487. The van der Waals surface area contributed by atoms with Crippen molar-refractivity contribution in [1.29, 1.82) is 0 Å². The molecule has 2 amide bonds. The van der Waals surface area contributed by atoms with Crippen LogP contribution in [0.4, 0.5) is 10.7 Å². The second kappa shape index (κ2) is 8.05. The molecule has 0 spiro atoms. The van der Waals surface area contributed by atoms with E-state index < -0.39 is 5.60 Å². The first-order valence-corrected chi connectivity index (χ1v) is 9.30. The first kappa shape index (κ1) is 20.2. The molecule has 26 heavy (non-hydrogen) atoms. The average Bonchev–Trinajstić information content (AvgIpc) is 2.93. The number of anilines is 1. The van der Waals surface area contributed by atoms with E-state index in [1.54, 1.807) is 16.6 Å². The number of amides is 2. The highest BCUT2D eigenvalue weighted by Crippen LogP contribution is 2.27. The molecule has 1 aromatic rings. The second-order valence-corrected chi connectivity index (χ2v) is 7.96. The molecule has 1 aliphatic rings. The van der Waals surface area contributed by atoms with E-state index in [1.807, 2.05) is 34.6 Å². The van der Waals surface area contributed by atoms with Crippen molar-refractivity contribution in [3.8, 4) is 0 Å². The average molecular weight is 365 g/mol. The molecule has 2 heterocycles. The Morgan fingerprint density at radius 2 is 1.92 bits per heavy atom. The van der Waals surface area contributed by atoms with Gasteiger partial charge in [-0.1, -0.05) is 13.8 Å². The molecular weight excluding hydrogens is 334 g/mol. The first-order valence-electron chi connectivity index (χ1n) is 9.30. The topological polar surface area (TPSA) is 89.3 Å². The van der Waals surface area contributed by atoms with Crippen molar-refractivity contribution >= 4 is 17.9 Å². The summed E-state index contributed by atoms with van der Waals surface area (Å²) in [6.45, 7) is 10.7. The number of likely N-dealkylation sites (tertiary alicyclic amines) is 1. The molecule has 0 aliphatic carbocycles. The van der Waals surface area contributed by atoms with Crippen molar-refractivity contribution in [3.63, 3.8) is 0 Å². The maximum Gasteiger partial charge on any atom is 0.410 e. The maximum atomic E-state index is 12.1. The number of piperidine rings is 1. The van der Waals surface area contributed by atoms with Crippen LogP contribution in [0.15, 0.2) is 0 Å². The lowest BCUT2D eigenvalue weighted by Crippen LogP contribution is -2.41. The van der Waals surface area contributed by atoms with Gasteiger partial charge in [-0.3, -0.25) is 10.1 Å². The van der Waals surface area contributed by atoms with E-state index in [-0.39, 0.29) is 23.8 Å². The van der Waals surface area contributed by atoms with Crippen LogP contribution >= 0.6 is 0 Å². The molecule has 1 aliphatic heterocycles. The highest BCUT2D eigenvalue weighted by molar-refractivity contribution is 5.90. The van der Waals surface area contributed by atoms with Crippen LogP contribution in [0.3, 0.4) is 0 Å². The highest BCUT2D eigenvalue weighted by atomic mass is 16.6. The van der Waals surface area contributed by atoms with Gasteiger partial charge in [-0.25, -0.2) is 9.48 Å². The Morgan fingerprint density at radius 1 is 1.31 bits per heavy atom. The largest absolute Gasteiger partial charge is 0.444 e. The minimum absolute atomic E-state index is 0.0469. The Kier molecular flexibility index (Phi) is 6.26. The number of hydrogen-bond acceptors (Lipinski definition) is 5. The summed E-state index contributed by atoms with van der Waals surface area (Å²) in [4.78, 5) is 30.4. The van der Waals surface area contributed by atoms with Gasteiger partial charge in [-0.15, -0.1) is 0 Å². The molecule has 8 nitrogen and oxygen atoms in total. The number of aryl methyl sites for hydroxylation is 1. The van der Waals surface area contributed by atoms with Crippen LogP contribution < -0.4 is 5.32 Å². The number of rotatable bonds is 4. The fourth-order valence-electron chi connectivity index (χ4n) is 2.75. The van der Waals surface area contributed by atoms with Crippen molar-refractivity contribution < 1.29 is 14.3 Å². The van der Waals surface area contributed by atoms with Gasteiger partial charge in [-0.05, 0) is 40.0 Å². The summed E-state index contributed by atoms with van der Waals surface area (Å²) in [7, 11) is 1.78. The third-order valence-corrected chi connectivity index (χ3v) is 4.59. The van der Waals surface area contributed by atoms with Crippen LogP contribution in [0.2, 0.25) is 0 Å². The lowest BCUT2D eigenvalue weighted by Gasteiger charge is -2.32. The van der Waals surface area contributed by atoms with Gasteiger partial charge in [0.05, 0.1) is 0 Å². The van der Waals surface area contributed by atoms with Crippen LogP contribution in [0.5, 0.6) is 0 Å². The Hall–Kier alpha value is -2.12. The smallest absolute Gasteiger partial charge is 0.410 e.